The molecule has 5 rings (SSSR count). The van der Waals surface area contributed by atoms with E-state index in [0.29, 0.717) is 24.3 Å². The largest absolute Gasteiger partial charge is 0.376 e. The van der Waals surface area contributed by atoms with Crippen LogP contribution in [0.5, 0.6) is 0 Å². The van der Waals surface area contributed by atoms with Gasteiger partial charge in [0.2, 0.25) is 5.95 Å². The summed E-state index contributed by atoms with van der Waals surface area (Å²) in [6.45, 7) is 3.54. The van der Waals surface area contributed by atoms with Crippen LogP contribution in [0.4, 0.5) is 5.95 Å². The van der Waals surface area contributed by atoms with Crippen LogP contribution in [0.1, 0.15) is 133 Å². The first-order chi connectivity index (χ1) is 25.6. The summed E-state index contributed by atoms with van der Waals surface area (Å²) >= 11 is 6.44. The molecule has 52 heavy (non-hydrogen) atoms. The molecule has 0 bridgehead atoms. The predicted molar refractivity (Wildman–Crippen MR) is 218 cm³/mol. The number of nitrogens with two attached hydrogens (primary N) is 1. The zero-order valence-electron chi connectivity index (χ0n) is 31.4. The number of ether oxygens (including phenoxy) is 1. The van der Waals surface area contributed by atoms with Gasteiger partial charge in [-0.2, -0.15) is 9.97 Å². The van der Waals surface area contributed by atoms with E-state index in [1.54, 1.807) is 6.33 Å². The summed E-state index contributed by atoms with van der Waals surface area (Å²) in [6, 6.07) is 32.5. The number of nitrogen functional groups attached to an aromatic ring is 1. The molecule has 2 heterocycles. The molecule has 0 aliphatic heterocycles. The molecule has 0 spiro atoms. The van der Waals surface area contributed by atoms with Crippen LogP contribution in [0.3, 0.4) is 0 Å². The molecule has 7 heteroatoms. The highest BCUT2D eigenvalue weighted by Crippen LogP contribution is 2.44. The third-order valence-corrected chi connectivity index (χ3v) is 10.8. The Bertz CT molecular complexity index is 1600. The molecule has 0 amide bonds. The van der Waals surface area contributed by atoms with Crippen LogP contribution < -0.4 is 5.73 Å². The number of fused-ring (bicyclic) bond motifs is 1. The SMILES string of the molecule is CCCCCCCCCCCCCCCCCCOC(Cn1cnc2c(Cl)nc(N)nc21)CC(c1ccccc1)(c1ccccc1)c1ccccc1. The second-order valence-corrected chi connectivity index (χ2v) is 14.8. The van der Waals surface area contributed by atoms with Crippen molar-refractivity contribution < 1.29 is 4.74 Å². The van der Waals surface area contributed by atoms with Crippen LogP contribution in [0.2, 0.25) is 5.15 Å². The summed E-state index contributed by atoms with van der Waals surface area (Å²) in [4.78, 5) is 13.2. The second-order valence-electron chi connectivity index (χ2n) is 14.4. The van der Waals surface area contributed by atoms with E-state index in [-0.39, 0.29) is 17.2 Å². The minimum absolute atomic E-state index is 0.136. The molecule has 0 aliphatic rings. The topological polar surface area (TPSA) is 78.8 Å². The predicted octanol–water partition coefficient (Wildman–Crippen LogP) is 12.1. The summed E-state index contributed by atoms with van der Waals surface area (Å²) in [5.41, 5.74) is 10.5. The van der Waals surface area contributed by atoms with Crippen molar-refractivity contribution in [1.82, 2.24) is 19.5 Å². The molecular formula is C45H60ClN5O. The molecule has 1 unspecified atom stereocenters. The maximum absolute atomic E-state index is 6.91. The van der Waals surface area contributed by atoms with Crippen molar-refractivity contribution in [2.75, 3.05) is 12.3 Å². The van der Waals surface area contributed by atoms with E-state index in [2.05, 4.69) is 113 Å². The quantitative estimate of drug-likeness (QED) is 0.0369. The lowest BCUT2D eigenvalue weighted by atomic mass is 9.66. The Morgan fingerprint density at radius 2 is 1.08 bits per heavy atom. The zero-order chi connectivity index (χ0) is 36.3. The number of benzene rings is 3. The molecule has 5 aromatic rings. The summed E-state index contributed by atoms with van der Waals surface area (Å²) < 4.78 is 8.92. The highest BCUT2D eigenvalue weighted by molar-refractivity contribution is 6.33. The minimum Gasteiger partial charge on any atom is -0.376 e. The Kier molecular flexibility index (Phi) is 16.5. The van der Waals surface area contributed by atoms with Gasteiger partial charge < -0.3 is 15.0 Å². The van der Waals surface area contributed by atoms with Crippen LogP contribution in [0.15, 0.2) is 97.3 Å². The van der Waals surface area contributed by atoms with Crippen molar-refractivity contribution in [3.05, 3.63) is 119 Å². The van der Waals surface area contributed by atoms with Crippen molar-refractivity contribution in [3.63, 3.8) is 0 Å². The summed E-state index contributed by atoms with van der Waals surface area (Å²) in [7, 11) is 0. The summed E-state index contributed by atoms with van der Waals surface area (Å²) in [5, 5.41) is 0.263. The van der Waals surface area contributed by atoms with Crippen LogP contribution in [0.25, 0.3) is 11.2 Å². The molecule has 2 N–H and O–H groups in total. The molecule has 3 aromatic carbocycles. The first-order valence-corrected chi connectivity index (χ1v) is 20.4. The first kappa shape index (κ1) is 39.5. The fraction of sp³-hybridized carbons (Fsp3) is 0.489. The van der Waals surface area contributed by atoms with Gasteiger partial charge in [-0.25, -0.2) is 4.98 Å². The molecule has 0 saturated heterocycles. The molecule has 0 aliphatic carbocycles. The Morgan fingerprint density at radius 1 is 0.635 bits per heavy atom. The maximum atomic E-state index is 6.91. The van der Waals surface area contributed by atoms with E-state index in [9.17, 15) is 0 Å². The molecule has 6 nitrogen and oxygen atoms in total. The average Bonchev–Trinajstić information content (AvgIpc) is 3.58. The van der Waals surface area contributed by atoms with Gasteiger partial charge in [-0.15, -0.1) is 0 Å². The second kappa shape index (κ2) is 21.7. The Labute approximate surface area is 317 Å². The average molecular weight is 722 g/mol. The van der Waals surface area contributed by atoms with Gasteiger partial charge in [-0.05, 0) is 29.5 Å². The van der Waals surface area contributed by atoms with E-state index in [0.717, 1.165) is 12.8 Å². The Hall–Kier alpha value is -3.74. The van der Waals surface area contributed by atoms with Gasteiger partial charge in [0.25, 0.3) is 0 Å². The molecule has 278 valence electrons. The highest BCUT2D eigenvalue weighted by atomic mass is 35.5. The third kappa shape index (κ3) is 11.4. The number of nitrogens with zero attached hydrogens (tertiary/aromatic N) is 4. The van der Waals surface area contributed by atoms with Gasteiger partial charge in [-0.1, -0.05) is 206 Å². The van der Waals surface area contributed by atoms with E-state index < -0.39 is 5.41 Å². The van der Waals surface area contributed by atoms with Gasteiger partial charge in [-0.3, -0.25) is 0 Å². The fourth-order valence-electron chi connectivity index (χ4n) is 7.72. The number of imidazole rings is 1. The van der Waals surface area contributed by atoms with Gasteiger partial charge in [0, 0.05) is 12.0 Å². The van der Waals surface area contributed by atoms with Crippen molar-refractivity contribution in [3.8, 4) is 0 Å². The number of hydrogen-bond donors (Lipinski definition) is 1. The van der Waals surface area contributed by atoms with E-state index >= 15 is 0 Å². The Morgan fingerprint density at radius 3 is 1.54 bits per heavy atom. The van der Waals surface area contributed by atoms with Gasteiger partial charge >= 0.3 is 0 Å². The van der Waals surface area contributed by atoms with Crippen LogP contribution in [0, 0.1) is 0 Å². The van der Waals surface area contributed by atoms with E-state index in [1.165, 1.54) is 113 Å². The summed E-state index contributed by atoms with van der Waals surface area (Å²) in [6.07, 6.45) is 23.9. The lowest BCUT2D eigenvalue weighted by Crippen LogP contribution is -2.36. The van der Waals surface area contributed by atoms with Crippen molar-refractivity contribution in [2.45, 2.75) is 134 Å². The molecule has 0 radical (unpaired) electrons. The highest BCUT2D eigenvalue weighted by Gasteiger charge is 2.39. The number of rotatable bonds is 25. The Balaban J connectivity index is 1.22. The standard InChI is InChI=1S/C45H60ClN5O/c1-2-3-4-5-6-7-8-9-10-11-12-13-14-15-16-26-33-52-40(35-51-36-48-41-42(46)49-44(47)50-43(41)51)34-45(37-27-20-17-21-28-37,38-29-22-18-23-30-38)39-31-24-19-25-32-39/h17-25,27-32,36,40H,2-16,26,33-35H2,1H3,(H2,47,49,50). The molecule has 1 atom stereocenters. The summed E-state index contributed by atoms with van der Waals surface area (Å²) in [5.74, 6) is 0.136. The molecule has 0 fully saturated rings. The fourth-order valence-corrected chi connectivity index (χ4v) is 7.94. The number of halogens is 1. The normalized spacial score (nSPS) is 12.4. The monoisotopic (exact) mass is 721 g/mol. The molecular weight excluding hydrogens is 662 g/mol. The minimum atomic E-state index is -0.453. The van der Waals surface area contributed by atoms with Crippen LogP contribution in [-0.4, -0.2) is 32.2 Å². The smallest absolute Gasteiger partial charge is 0.223 e. The number of anilines is 1. The molecule has 2 aromatic heterocycles. The zero-order valence-corrected chi connectivity index (χ0v) is 32.2. The van der Waals surface area contributed by atoms with Gasteiger partial charge in [0.1, 0.15) is 5.52 Å². The van der Waals surface area contributed by atoms with Crippen LogP contribution >= 0.6 is 11.6 Å². The number of unbranched alkanes of at least 4 members (excludes halogenated alkanes) is 15. The van der Waals surface area contributed by atoms with Crippen molar-refractivity contribution in [1.29, 1.82) is 0 Å². The van der Waals surface area contributed by atoms with Gasteiger partial charge in [0.05, 0.1) is 19.0 Å². The number of aromatic nitrogens is 4. The first-order valence-electron chi connectivity index (χ1n) is 20.0. The van der Waals surface area contributed by atoms with Gasteiger partial charge in [0.15, 0.2) is 10.8 Å². The van der Waals surface area contributed by atoms with E-state index in [1.807, 2.05) is 4.57 Å². The van der Waals surface area contributed by atoms with Crippen LogP contribution in [-0.2, 0) is 16.7 Å². The van der Waals surface area contributed by atoms with Crippen molar-refractivity contribution in [2.24, 2.45) is 0 Å². The number of hydrogen-bond acceptors (Lipinski definition) is 5. The molecule has 0 saturated carbocycles. The van der Waals surface area contributed by atoms with Crippen molar-refractivity contribution >= 4 is 28.7 Å². The maximum Gasteiger partial charge on any atom is 0.223 e. The van der Waals surface area contributed by atoms with E-state index in [4.69, 9.17) is 22.1 Å². The lowest BCUT2D eigenvalue weighted by molar-refractivity contribution is 0.0254. The lowest BCUT2D eigenvalue weighted by Gasteiger charge is -2.39. The third-order valence-electron chi connectivity index (χ3n) is 10.5.